The average Bonchev–Trinajstić information content (AvgIpc) is 3.57. The molecule has 4 aliphatic rings. The summed E-state index contributed by atoms with van der Waals surface area (Å²) in [5.41, 5.74) is 2.74. The number of benzene rings is 2. The van der Waals surface area contributed by atoms with Gasteiger partial charge < -0.3 is 9.64 Å². The molecule has 2 spiro atoms. The summed E-state index contributed by atoms with van der Waals surface area (Å²) < 4.78 is 60.5. The molecule has 3 aliphatic carbocycles. The van der Waals surface area contributed by atoms with Crippen LogP contribution in [0.15, 0.2) is 47.4 Å². The molecule has 2 N–H and O–H groups in total. The van der Waals surface area contributed by atoms with Crippen LogP contribution in [0, 0.1) is 5.41 Å². The summed E-state index contributed by atoms with van der Waals surface area (Å²) in [6.07, 6.45) is 9.04. The highest BCUT2D eigenvalue weighted by molar-refractivity contribution is 7.92. The molecule has 1 amide bonds. The molecular weight excluding hydrogens is 538 g/mol. The smallest absolute Gasteiger partial charge is 0.258 e. The molecule has 2 aromatic rings. The Morgan fingerprint density at radius 3 is 2.31 bits per heavy atom. The minimum Gasteiger partial charge on any atom is -0.381 e. The molecule has 210 valence electrons. The molecule has 0 atom stereocenters. The van der Waals surface area contributed by atoms with Gasteiger partial charge in [0.25, 0.3) is 5.91 Å². The van der Waals surface area contributed by atoms with Gasteiger partial charge in [0.05, 0.1) is 17.3 Å². The van der Waals surface area contributed by atoms with Crippen LogP contribution in [0.5, 0.6) is 0 Å². The predicted octanol–water partition coefficient (Wildman–Crippen LogP) is 3.77. The molecule has 1 aliphatic heterocycles. The van der Waals surface area contributed by atoms with Crippen LogP contribution in [-0.4, -0.2) is 54.8 Å². The van der Waals surface area contributed by atoms with Gasteiger partial charge in [-0.05, 0) is 98.7 Å². The monoisotopic (exact) mass is 573 g/mol. The predicted molar refractivity (Wildman–Crippen MR) is 149 cm³/mol. The SMILES string of the molecule is COC1CC(NS(=O)(=O)c2cccc(C(=O)N3CC4(CCC5(CC5)CC4)c4cc(NS(C)(=O)=O)ccc43)c2)C1. The third-order valence-electron chi connectivity index (χ3n) is 9.23. The summed E-state index contributed by atoms with van der Waals surface area (Å²) in [5, 5.41) is 0. The first-order valence-electron chi connectivity index (χ1n) is 13.5. The minimum absolute atomic E-state index is 0.0596. The average molecular weight is 574 g/mol. The minimum atomic E-state index is -3.79. The Kier molecular flexibility index (Phi) is 6.37. The highest BCUT2D eigenvalue weighted by Crippen LogP contribution is 2.62. The van der Waals surface area contributed by atoms with E-state index in [-0.39, 0.29) is 28.4 Å². The third kappa shape index (κ3) is 5.10. The van der Waals surface area contributed by atoms with Crippen molar-refractivity contribution >= 4 is 37.3 Å². The summed E-state index contributed by atoms with van der Waals surface area (Å²) in [5.74, 6) is -0.260. The van der Waals surface area contributed by atoms with Crippen LogP contribution < -0.4 is 14.3 Å². The number of methoxy groups -OCH3 is 1. The van der Waals surface area contributed by atoms with Crippen molar-refractivity contribution in [2.24, 2.45) is 5.41 Å². The zero-order valence-corrected chi connectivity index (χ0v) is 23.9. The number of carbonyl (C=O) groups is 1. The van der Waals surface area contributed by atoms with E-state index in [0.29, 0.717) is 36.1 Å². The fourth-order valence-electron chi connectivity index (χ4n) is 6.58. The van der Waals surface area contributed by atoms with E-state index in [1.165, 1.54) is 25.0 Å². The van der Waals surface area contributed by atoms with Crippen LogP contribution in [0.3, 0.4) is 0 Å². The van der Waals surface area contributed by atoms with Crippen LogP contribution in [0.4, 0.5) is 11.4 Å². The second kappa shape index (κ2) is 9.29. The van der Waals surface area contributed by atoms with Gasteiger partial charge in [0.2, 0.25) is 20.0 Å². The van der Waals surface area contributed by atoms with Crippen molar-refractivity contribution in [2.45, 2.75) is 73.8 Å². The van der Waals surface area contributed by atoms with Gasteiger partial charge in [-0.2, -0.15) is 0 Å². The van der Waals surface area contributed by atoms with Crippen molar-refractivity contribution in [3.63, 3.8) is 0 Å². The lowest BCUT2D eigenvalue weighted by molar-refractivity contribution is 0.0236. The maximum absolute atomic E-state index is 13.9. The molecule has 0 unspecified atom stereocenters. The molecule has 0 radical (unpaired) electrons. The normalized spacial score (nSPS) is 24.8. The highest BCUT2D eigenvalue weighted by Gasteiger charge is 2.53. The number of hydrogen-bond acceptors (Lipinski definition) is 6. The Labute approximate surface area is 230 Å². The Morgan fingerprint density at radius 1 is 0.974 bits per heavy atom. The molecule has 11 heteroatoms. The number of amides is 1. The maximum atomic E-state index is 13.9. The molecule has 6 rings (SSSR count). The van der Waals surface area contributed by atoms with Crippen molar-refractivity contribution in [3.8, 4) is 0 Å². The van der Waals surface area contributed by atoms with E-state index in [4.69, 9.17) is 4.74 Å². The van der Waals surface area contributed by atoms with Crippen LogP contribution in [0.1, 0.15) is 67.3 Å². The van der Waals surface area contributed by atoms with E-state index in [2.05, 4.69) is 9.44 Å². The maximum Gasteiger partial charge on any atom is 0.258 e. The fraction of sp³-hybridized carbons (Fsp3) is 0.536. The first-order valence-corrected chi connectivity index (χ1v) is 16.9. The lowest BCUT2D eigenvalue weighted by Crippen LogP contribution is -2.47. The second-order valence-electron chi connectivity index (χ2n) is 12.0. The molecular formula is C28H35N3O6S2. The molecule has 0 saturated heterocycles. The topological polar surface area (TPSA) is 122 Å². The Hall–Kier alpha value is -2.47. The third-order valence-corrected chi connectivity index (χ3v) is 11.4. The summed E-state index contributed by atoms with van der Waals surface area (Å²) in [6, 6.07) is 11.4. The van der Waals surface area contributed by atoms with E-state index in [1.54, 1.807) is 30.2 Å². The zero-order chi connectivity index (χ0) is 27.6. The Balaban J connectivity index is 1.29. The number of ether oxygens (including phenoxy) is 1. The molecule has 0 bridgehead atoms. The lowest BCUT2D eigenvalue weighted by atomic mass is 9.66. The van der Waals surface area contributed by atoms with Gasteiger partial charge in [-0.25, -0.2) is 21.6 Å². The molecule has 9 nitrogen and oxygen atoms in total. The standard InChI is InChI=1S/C28H35N3O6S2/c1-37-22-15-21(16-22)30-39(35,36)23-5-3-4-19(14-23)26(32)31-18-28(12-10-27(8-9-27)11-13-28)24-17-20(6-7-25(24)31)29-38(2,33)34/h3-7,14,17,21-22,29-30H,8-13,15-16,18H2,1-2H3. The number of nitrogens with one attached hydrogen (secondary N) is 2. The number of anilines is 2. The van der Waals surface area contributed by atoms with Gasteiger partial charge in [0.15, 0.2) is 0 Å². The molecule has 1 heterocycles. The fourth-order valence-corrected chi connectivity index (χ4v) is 8.45. The first kappa shape index (κ1) is 26.7. The van der Waals surface area contributed by atoms with Crippen molar-refractivity contribution in [1.29, 1.82) is 0 Å². The van der Waals surface area contributed by atoms with E-state index in [0.717, 1.165) is 43.2 Å². The van der Waals surface area contributed by atoms with E-state index >= 15 is 0 Å². The first-order chi connectivity index (χ1) is 18.4. The van der Waals surface area contributed by atoms with Crippen LogP contribution in [-0.2, 0) is 30.2 Å². The Morgan fingerprint density at radius 2 is 1.67 bits per heavy atom. The summed E-state index contributed by atoms with van der Waals surface area (Å²) in [4.78, 5) is 15.7. The molecule has 2 aromatic carbocycles. The summed E-state index contributed by atoms with van der Waals surface area (Å²) in [6.45, 7) is 0.495. The number of nitrogens with zero attached hydrogens (tertiary/aromatic N) is 1. The van der Waals surface area contributed by atoms with Gasteiger partial charge >= 0.3 is 0 Å². The highest BCUT2D eigenvalue weighted by atomic mass is 32.2. The van der Waals surface area contributed by atoms with Crippen molar-refractivity contribution in [2.75, 3.05) is 29.5 Å². The van der Waals surface area contributed by atoms with Crippen molar-refractivity contribution in [1.82, 2.24) is 4.72 Å². The van der Waals surface area contributed by atoms with E-state index < -0.39 is 20.0 Å². The molecule has 0 aromatic heterocycles. The number of carbonyl (C=O) groups excluding carboxylic acids is 1. The Bertz CT molecular complexity index is 1520. The van der Waals surface area contributed by atoms with Crippen LogP contribution >= 0.6 is 0 Å². The van der Waals surface area contributed by atoms with Crippen LogP contribution in [0.2, 0.25) is 0 Å². The van der Waals surface area contributed by atoms with Crippen LogP contribution in [0.25, 0.3) is 0 Å². The van der Waals surface area contributed by atoms with Gasteiger partial charge in [-0.1, -0.05) is 6.07 Å². The number of hydrogen-bond donors (Lipinski definition) is 2. The van der Waals surface area contributed by atoms with E-state index in [1.807, 2.05) is 12.1 Å². The van der Waals surface area contributed by atoms with Gasteiger partial charge in [0, 0.05) is 42.0 Å². The summed E-state index contributed by atoms with van der Waals surface area (Å²) in [7, 11) is -5.62. The van der Waals surface area contributed by atoms with Crippen molar-refractivity contribution < 1.29 is 26.4 Å². The van der Waals surface area contributed by atoms with Gasteiger partial charge in [0.1, 0.15) is 0 Å². The van der Waals surface area contributed by atoms with E-state index in [9.17, 15) is 21.6 Å². The quantitative estimate of drug-likeness (QED) is 0.520. The van der Waals surface area contributed by atoms with Gasteiger partial charge in [-0.3, -0.25) is 9.52 Å². The summed E-state index contributed by atoms with van der Waals surface area (Å²) >= 11 is 0. The second-order valence-corrected chi connectivity index (χ2v) is 15.4. The number of fused-ring (bicyclic) bond motifs is 2. The molecule has 3 saturated carbocycles. The molecule has 3 fully saturated rings. The van der Waals surface area contributed by atoms with Crippen molar-refractivity contribution in [3.05, 3.63) is 53.6 Å². The molecule has 39 heavy (non-hydrogen) atoms. The zero-order valence-electron chi connectivity index (χ0n) is 22.3. The number of rotatable bonds is 7. The number of sulfonamides is 2. The largest absolute Gasteiger partial charge is 0.381 e. The van der Waals surface area contributed by atoms with Gasteiger partial charge in [-0.15, -0.1) is 0 Å². The lowest BCUT2D eigenvalue weighted by Gasteiger charge is -2.38.